The molecule has 25 heavy (non-hydrogen) atoms. The van der Waals surface area contributed by atoms with Crippen molar-refractivity contribution in [3.63, 3.8) is 0 Å². The lowest BCUT2D eigenvalue weighted by Crippen LogP contribution is -2.41. The minimum Gasteiger partial charge on any atom is -0.497 e. The summed E-state index contributed by atoms with van der Waals surface area (Å²) in [6, 6.07) is 18.8. The van der Waals surface area contributed by atoms with Gasteiger partial charge >= 0.3 is 0 Å². The van der Waals surface area contributed by atoms with Crippen molar-refractivity contribution in [3.05, 3.63) is 65.7 Å². The van der Waals surface area contributed by atoms with E-state index in [4.69, 9.17) is 17.0 Å². The molecule has 0 unspecified atom stereocenters. The Bertz CT molecular complexity index is 661. The zero-order chi connectivity index (χ0) is 18.1. The van der Waals surface area contributed by atoms with E-state index in [0.29, 0.717) is 5.11 Å². The normalized spacial score (nSPS) is 11.8. The highest BCUT2D eigenvalue weighted by Gasteiger charge is 2.15. The van der Waals surface area contributed by atoms with Crippen molar-refractivity contribution in [2.45, 2.75) is 12.5 Å². The fourth-order valence-corrected chi connectivity index (χ4v) is 2.85. The zero-order valence-corrected chi connectivity index (χ0v) is 16.0. The van der Waals surface area contributed by atoms with Gasteiger partial charge in [-0.25, -0.2) is 0 Å². The SMILES string of the molecule is COc1cccc([C@H](CNC(=S)NCCc2ccccc2)N(C)C)c1. The van der Waals surface area contributed by atoms with E-state index in [2.05, 4.69) is 66.0 Å². The van der Waals surface area contributed by atoms with Crippen molar-refractivity contribution in [3.8, 4) is 5.75 Å². The van der Waals surface area contributed by atoms with E-state index in [1.807, 2.05) is 18.2 Å². The van der Waals surface area contributed by atoms with Crippen LogP contribution in [0.25, 0.3) is 0 Å². The van der Waals surface area contributed by atoms with E-state index in [9.17, 15) is 0 Å². The first-order valence-electron chi connectivity index (χ1n) is 8.46. The first-order valence-corrected chi connectivity index (χ1v) is 8.87. The first-order chi connectivity index (χ1) is 12.1. The smallest absolute Gasteiger partial charge is 0.166 e. The van der Waals surface area contributed by atoms with Crippen molar-refractivity contribution in [1.82, 2.24) is 15.5 Å². The van der Waals surface area contributed by atoms with Crippen LogP contribution in [-0.4, -0.2) is 44.3 Å². The van der Waals surface area contributed by atoms with E-state index >= 15 is 0 Å². The lowest BCUT2D eigenvalue weighted by molar-refractivity contribution is 0.297. The van der Waals surface area contributed by atoms with Gasteiger partial charge in [-0.15, -0.1) is 0 Å². The molecule has 0 saturated carbocycles. The van der Waals surface area contributed by atoms with Gasteiger partial charge in [-0.1, -0.05) is 42.5 Å². The maximum atomic E-state index is 5.41. The highest BCUT2D eigenvalue weighted by atomic mass is 32.1. The van der Waals surface area contributed by atoms with Gasteiger partial charge in [-0.05, 0) is 56.0 Å². The first kappa shape index (κ1) is 19.2. The molecule has 2 N–H and O–H groups in total. The molecule has 1 atom stereocenters. The van der Waals surface area contributed by atoms with Gasteiger partial charge < -0.3 is 20.3 Å². The summed E-state index contributed by atoms with van der Waals surface area (Å²) in [5, 5.41) is 7.29. The van der Waals surface area contributed by atoms with E-state index < -0.39 is 0 Å². The molecule has 0 saturated heterocycles. The highest BCUT2D eigenvalue weighted by Crippen LogP contribution is 2.21. The van der Waals surface area contributed by atoms with Crippen LogP contribution >= 0.6 is 12.2 Å². The summed E-state index contributed by atoms with van der Waals surface area (Å²) >= 11 is 5.41. The van der Waals surface area contributed by atoms with Crippen LogP contribution in [-0.2, 0) is 6.42 Å². The molecule has 0 bridgehead atoms. The number of thiocarbonyl (C=S) groups is 1. The minimum atomic E-state index is 0.212. The van der Waals surface area contributed by atoms with Crippen molar-refractivity contribution < 1.29 is 4.74 Å². The van der Waals surface area contributed by atoms with Crippen molar-refractivity contribution in [2.75, 3.05) is 34.3 Å². The summed E-state index contributed by atoms with van der Waals surface area (Å²) in [7, 11) is 5.82. The van der Waals surface area contributed by atoms with Crippen LogP contribution in [0.5, 0.6) is 5.75 Å². The Balaban J connectivity index is 1.82. The van der Waals surface area contributed by atoms with E-state index in [1.54, 1.807) is 7.11 Å². The lowest BCUT2D eigenvalue weighted by atomic mass is 10.1. The third-order valence-corrected chi connectivity index (χ3v) is 4.39. The van der Waals surface area contributed by atoms with Gasteiger partial charge in [-0.3, -0.25) is 0 Å². The molecule has 2 rings (SSSR count). The predicted molar refractivity (Wildman–Crippen MR) is 108 cm³/mol. The second-order valence-corrected chi connectivity index (χ2v) is 6.54. The third kappa shape index (κ3) is 6.36. The second kappa shape index (κ2) is 10.0. The van der Waals surface area contributed by atoms with Gasteiger partial charge in [0.15, 0.2) is 5.11 Å². The largest absolute Gasteiger partial charge is 0.497 e. The summed E-state index contributed by atoms with van der Waals surface area (Å²) in [5.74, 6) is 0.868. The topological polar surface area (TPSA) is 36.5 Å². The highest BCUT2D eigenvalue weighted by molar-refractivity contribution is 7.80. The van der Waals surface area contributed by atoms with E-state index in [-0.39, 0.29) is 6.04 Å². The summed E-state index contributed by atoms with van der Waals surface area (Å²) in [6.07, 6.45) is 0.954. The monoisotopic (exact) mass is 357 g/mol. The molecule has 0 aliphatic heterocycles. The summed E-state index contributed by atoms with van der Waals surface area (Å²) < 4.78 is 5.33. The number of nitrogens with one attached hydrogen (secondary N) is 2. The van der Waals surface area contributed by atoms with Crippen LogP contribution in [0.1, 0.15) is 17.2 Å². The van der Waals surface area contributed by atoms with Crippen LogP contribution in [0.3, 0.4) is 0 Å². The molecule has 134 valence electrons. The van der Waals surface area contributed by atoms with Gasteiger partial charge in [0.25, 0.3) is 0 Å². The molecule has 0 spiro atoms. The molecule has 5 heteroatoms. The number of methoxy groups -OCH3 is 1. The molecule has 0 amide bonds. The Morgan fingerprint density at radius 1 is 1.08 bits per heavy atom. The molecule has 0 heterocycles. The number of benzene rings is 2. The van der Waals surface area contributed by atoms with Gasteiger partial charge in [0, 0.05) is 13.1 Å². The fourth-order valence-electron chi connectivity index (χ4n) is 2.66. The standard InChI is InChI=1S/C20H27N3OS/c1-23(2)19(17-10-7-11-18(14-17)24-3)15-22-20(25)21-13-12-16-8-5-4-6-9-16/h4-11,14,19H,12-13,15H2,1-3H3,(H2,21,22,25)/t19-/m0/s1. The Labute approximate surface area is 156 Å². The molecule has 0 fully saturated rings. The fraction of sp³-hybridized carbons (Fsp3) is 0.350. The van der Waals surface area contributed by atoms with Crippen LogP contribution in [0.2, 0.25) is 0 Å². The van der Waals surface area contributed by atoms with Crippen LogP contribution < -0.4 is 15.4 Å². The van der Waals surface area contributed by atoms with Crippen molar-refractivity contribution >= 4 is 17.3 Å². The van der Waals surface area contributed by atoms with Gasteiger partial charge in [0.05, 0.1) is 13.2 Å². The van der Waals surface area contributed by atoms with Crippen LogP contribution in [0, 0.1) is 0 Å². The summed E-state index contributed by atoms with van der Waals surface area (Å²) in [6.45, 7) is 1.55. The molecule has 4 nitrogen and oxygen atoms in total. The maximum absolute atomic E-state index is 5.41. The summed E-state index contributed by atoms with van der Waals surface area (Å²) in [4.78, 5) is 2.17. The van der Waals surface area contributed by atoms with Crippen molar-refractivity contribution in [1.29, 1.82) is 0 Å². The summed E-state index contributed by atoms with van der Waals surface area (Å²) in [5.41, 5.74) is 2.50. The number of rotatable bonds is 8. The van der Waals surface area contributed by atoms with Crippen LogP contribution in [0.4, 0.5) is 0 Å². The number of nitrogens with zero attached hydrogens (tertiary/aromatic N) is 1. The molecular weight excluding hydrogens is 330 g/mol. The molecule has 2 aromatic carbocycles. The Kier molecular flexibility index (Phi) is 7.70. The average Bonchev–Trinajstić information content (AvgIpc) is 2.62. The zero-order valence-electron chi connectivity index (χ0n) is 15.2. The number of likely N-dealkylation sites (N-methyl/N-ethyl adjacent to an activating group) is 1. The van der Waals surface area contributed by atoms with Crippen molar-refractivity contribution in [2.24, 2.45) is 0 Å². The molecule has 0 aromatic heterocycles. The van der Waals surface area contributed by atoms with Gasteiger partial charge in [-0.2, -0.15) is 0 Å². The maximum Gasteiger partial charge on any atom is 0.166 e. The Hall–Kier alpha value is -2.11. The minimum absolute atomic E-state index is 0.212. The number of ether oxygens (including phenoxy) is 1. The van der Waals surface area contributed by atoms with Gasteiger partial charge in [0.2, 0.25) is 0 Å². The van der Waals surface area contributed by atoms with Crippen LogP contribution in [0.15, 0.2) is 54.6 Å². The molecule has 0 radical (unpaired) electrons. The number of hydrogen-bond donors (Lipinski definition) is 2. The molecular formula is C20H27N3OS. The quantitative estimate of drug-likeness (QED) is 0.711. The number of hydrogen-bond acceptors (Lipinski definition) is 3. The lowest BCUT2D eigenvalue weighted by Gasteiger charge is -2.26. The van der Waals surface area contributed by atoms with E-state index in [1.165, 1.54) is 11.1 Å². The Morgan fingerprint density at radius 3 is 2.52 bits per heavy atom. The molecule has 0 aliphatic rings. The Morgan fingerprint density at radius 2 is 1.84 bits per heavy atom. The van der Waals surface area contributed by atoms with E-state index in [0.717, 1.165) is 25.3 Å². The molecule has 2 aromatic rings. The van der Waals surface area contributed by atoms with Gasteiger partial charge in [0.1, 0.15) is 5.75 Å². The second-order valence-electron chi connectivity index (χ2n) is 6.13. The average molecular weight is 358 g/mol. The predicted octanol–water partition coefficient (Wildman–Crippen LogP) is 3.00. The molecule has 0 aliphatic carbocycles. The third-order valence-electron chi connectivity index (χ3n) is 4.10.